The molecule has 0 spiro atoms. The van der Waals surface area contributed by atoms with Crippen molar-refractivity contribution in [3.63, 3.8) is 0 Å². The van der Waals surface area contributed by atoms with Gasteiger partial charge in [-0.05, 0) is 61.2 Å². The topological polar surface area (TPSA) is 69.7 Å². The number of halogens is 1. The van der Waals surface area contributed by atoms with Crippen molar-refractivity contribution in [1.82, 2.24) is 9.80 Å². The quantitative estimate of drug-likeness (QED) is 0.696. The first-order valence-corrected chi connectivity index (χ1v) is 11.5. The molecule has 2 aromatic rings. The number of nitrogens with zero attached hydrogens (tertiary/aromatic N) is 2. The van der Waals surface area contributed by atoms with E-state index in [4.69, 9.17) is 0 Å². The number of rotatable bonds is 5. The van der Waals surface area contributed by atoms with Crippen LogP contribution in [-0.4, -0.2) is 47.2 Å². The first-order chi connectivity index (χ1) is 15.0. The van der Waals surface area contributed by atoms with Crippen LogP contribution in [0.15, 0.2) is 53.0 Å². The third kappa shape index (κ3) is 5.34. The fourth-order valence-corrected chi connectivity index (χ4v) is 4.47. The normalized spacial score (nSPS) is 17.1. The highest BCUT2D eigenvalue weighted by Gasteiger charge is 2.28. The minimum absolute atomic E-state index is 0.00913. The van der Waals surface area contributed by atoms with Crippen LogP contribution in [0.1, 0.15) is 41.6 Å². The Bertz CT molecular complexity index is 968. The van der Waals surface area contributed by atoms with Gasteiger partial charge in [0.15, 0.2) is 0 Å². The number of hydrogen-bond acceptors (Lipinski definition) is 3. The van der Waals surface area contributed by atoms with Gasteiger partial charge in [-0.15, -0.1) is 0 Å². The van der Waals surface area contributed by atoms with Gasteiger partial charge in [0.2, 0.25) is 11.8 Å². The molecule has 162 valence electrons. The van der Waals surface area contributed by atoms with Crippen LogP contribution in [0.25, 0.3) is 0 Å². The average Bonchev–Trinajstić information content (AvgIpc) is 3.18. The Balaban J connectivity index is 1.30. The summed E-state index contributed by atoms with van der Waals surface area (Å²) < 4.78 is 0.940. The van der Waals surface area contributed by atoms with Gasteiger partial charge in [0.05, 0.1) is 0 Å². The van der Waals surface area contributed by atoms with Crippen molar-refractivity contribution >= 4 is 39.3 Å². The predicted octanol–water partition coefficient (Wildman–Crippen LogP) is 4.06. The van der Waals surface area contributed by atoms with Gasteiger partial charge in [-0.25, -0.2) is 0 Å². The number of carbonyl (C=O) groups excluding carboxylic acids is 3. The summed E-state index contributed by atoms with van der Waals surface area (Å²) in [7, 11) is 0. The van der Waals surface area contributed by atoms with Crippen LogP contribution >= 0.6 is 15.9 Å². The highest BCUT2D eigenvalue weighted by Crippen LogP contribution is 2.23. The third-order valence-electron chi connectivity index (χ3n) is 5.98. The summed E-state index contributed by atoms with van der Waals surface area (Å²) in [5, 5.41) is 3.02. The highest BCUT2D eigenvalue weighted by atomic mass is 79.9. The summed E-state index contributed by atoms with van der Waals surface area (Å²) in [6.45, 7) is 2.53. The number of carbonyl (C=O) groups is 3. The molecule has 3 amide bonds. The molecule has 0 radical (unpaired) electrons. The van der Waals surface area contributed by atoms with Gasteiger partial charge in [0, 0.05) is 54.2 Å². The number of piperidine rings is 1. The van der Waals surface area contributed by atoms with Gasteiger partial charge < -0.3 is 15.1 Å². The molecule has 0 saturated carbocycles. The Kier molecular flexibility index (Phi) is 6.70. The summed E-state index contributed by atoms with van der Waals surface area (Å²) in [6.07, 6.45) is 2.84. The summed E-state index contributed by atoms with van der Waals surface area (Å²) in [6, 6.07) is 15.1. The van der Waals surface area contributed by atoms with Gasteiger partial charge >= 0.3 is 0 Å². The van der Waals surface area contributed by atoms with Crippen LogP contribution in [0.2, 0.25) is 0 Å². The number of anilines is 1. The molecule has 6 nitrogen and oxygen atoms in total. The minimum Gasteiger partial charge on any atom is -0.339 e. The van der Waals surface area contributed by atoms with E-state index in [1.165, 1.54) is 0 Å². The number of benzene rings is 2. The maximum absolute atomic E-state index is 12.8. The maximum atomic E-state index is 12.8. The second-order valence-electron chi connectivity index (χ2n) is 8.18. The van der Waals surface area contributed by atoms with Crippen LogP contribution in [-0.2, 0) is 16.1 Å². The number of nitrogens with one attached hydrogen (secondary N) is 1. The molecule has 2 aliphatic heterocycles. The molecule has 2 heterocycles. The summed E-state index contributed by atoms with van der Waals surface area (Å²) in [5.41, 5.74) is 2.44. The lowest BCUT2D eigenvalue weighted by atomic mass is 9.95. The zero-order valence-electron chi connectivity index (χ0n) is 17.4. The molecule has 0 aromatic heterocycles. The zero-order chi connectivity index (χ0) is 21.8. The van der Waals surface area contributed by atoms with Crippen molar-refractivity contribution in [2.24, 2.45) is 5.92 Å². The SMILES string of the molecule is O=C(Nc1cccc(CN2CCCC2=O)c1)C1CCN(C(=O)c2ccc(Br)cc2)CC1. The molecule has 0 aliphatic carbocycles. The van der Waals surface area contributed by atoms with Crippen LogP contribution in [0.3, 0.4) is 0 Å². The second-order valence-corrected chi connectivity index (χ2v) is 9.10. The monoisotopic (exact) mass is 483 g/mol. The molecule has 0 unspecified atom stereocenters. The molecule has 0 bridgehead atoms. The molecule has 4 rings (SSSR count). The fraction of sp³-hybridized carbons (Fsp3) is 0.375. The summed E-state index contributed by atoms with van der Waals surface area (Å²) in [4.78, 5) is 41.0. The van der Waals surface area contributed by atoms with E-state index in [1.54, 1.807) is 0 Å². The first kappa shape index (κ1) is 21.6. The molecule has 2 aromatic carbocycles. The molecule has 1 N–H and O–H groups in total. The Hall–Kier alpha value is -2.67. The van der Waals surface area contributed by atoms with Gasteiger partial charge in [-0.3, -0.25) is 14.4 Å². The maximum Gasteiger partial charge on any atom is 0.253 e. The van der Waals surface area contributed by atoms with Gasteiger partial charge in [-0.2, -0.15) is 0 Å². The van der Waals surface area contributed by atoms with Gasteiger partial charge in [0.1, 0.15) is 0 Å². The molecule has 2 saturated heterocycles. The zero-order valence-corrected chi connectivity index (χ0v) is 18.9. The van der Waals surface area contributed by atoms with Gasteiger partial charge in [-0.1, -0.05) is 28.1 Å². The van der Waals surface area contributed by atoms with E-state index in [1.807, 2.05) is 58.3 Å². The van der Waals surface area contributed by atoms with Crippen molar-refractivity contribution in [2.45, 2.75) is 32.2 Å². The molecular formula is C24H26BrN3O3. The van der Waals surface area contributed by atoms with Crippen LogP contribution < -0.4 is 5.32 Å². The van der Waals surface area contributed by atoms with Crippen LogP contribution in [0.5, 0.6) is 0 Å². The van der Waals surface area contributed by atoms with E-state index in [9.17, 15) is 14.4 Å². The minimum atomic E-state index is -0.113. The molecule has 2 aliphatic rings. The van der Waals surface area contributed by atoms with Crippen LogP contribution in [0, 0.1) is 5.92 Å². The van der Waals surface area contributed by atoms with Crippen molar-refractivity contribution in [1.29, 1.82) is 0 Å². The largest absolute Gasteiger partial charge is 0.339 e. The number of likely N-dealkylation sites (tertiary alicyclic amines) is 2. The standard InChI is InChI=1S/C24H26BrN3O3/c25-20-8-6-19(7-9-20)24(31)27-13-10-18(11-14-27)23(30)26-21-4-1-3-17(15-21)16-28-12-2-5-22(28)29/h1,3-4,6-9,15,18H,2,5,10-14,16H2,(H,26,30). The lowest BCUT2D eigenvalue weighted by molar-refractivity contribution is -0.128. The number of hydrogen-bond donors (Lipinski definition) is 1. The van der Waals surface area contributed by atoms with E-state index in [0.717, 1.165) is 28.7 Å². The molecule has 0 atom stereocenters. The molecule has 31 heavy (non-hydrogen) atoms. The van der Waals surface area contributed by atoms with Crippen molar-refractivity contribution in [2.75, 3.05) is 25.0 Å². The van der Waals surface area contributed by atoms with E-state index in [0.29, 0.717) is 44.5 Å². The average molecular weight is 484 g/mol. The van der Waals surface area contributed by atoms with Crippen molar-refractivity contribution < 1.29 is 14.4 Å². The Morgan fingerprint density at radius 3 is 2.45 bits per heavy atom. The lowest BCUT2D eigenvalue weighted by Crippen LogP contribution is -2.41. The van der Waals surface area contributed by atoms with Crippen molar-refractivity contribution in [3.8, 4) is 0 Å². The van der Waals surface area contributed by atoms with Gasteiger partial charge in [0.25, 0.3) is 5.91 Å². The lowest BCUT2D eigenvalue weighted by Gasteiger charge is -2.31. The highest BCUT2D eigenvalue weighted by molar-refractivity contribution is 9.10. The molecule has 7 heteroatoms. The second kappa shape index (κ2) is 9.64. The first-order valence-electron chi connectivity index (χ1n) is 10.7. The smallest absolute Gasteiger partial charge is 0.253 e. The van der Waals surface area contributed by atoms with Crippen molar-refractivity contribution in [3.05, 3.63) is 64.1 Å². The van der Waals surface area contributed by atoms with E-state index in [2.05, 4.69) is 21.2 Å². The third-order valence-corrected chi connectivity index (χ3v) is 6.51. The number of amides is 3. The van der Waals surface area contributed by atoms with E-state index >= 15 is 0 Å². The Morgan fingerprint density at radius 1 is 1.03 bits per heavy atom. The molecule has 2 fully saturated rings. The van der Waals surface area contributed by atoms with E-state index < -0.39 is 0 Å². The van der Waals surface area contributed by atoms with Crippen LogP contribution in [0.4, 0.5) is 5.69 Å². The molecular weight excluding hydrogens is 458 g/mol. The fourth-order valence-electron chi connectivity index (χ4n) is 4.20. The Morgan fingerprint density at radius 2 is 1.77 bits per heavy atom. The Labute approximate surface area is 190 Å². The predicted molar refractivity (Wildman–Crippen MR) is 122 cm³/mol. The summed E-state index contributed by atoms with van der Waals surface area (Å²) in [5.74, 6) is 0.0809. The summed E-state index contributed by atoms with van der Waals surface area (Å²) >= 11 is 3.38. The van der Waals surface area contributed by atoms with E-state index in [-0.39, 0.29) is 23.6 Å².